The number of hydrogen-bond donors (Lipinski definition) is 2. The van der Waals surface area contributed by atoms with E-state index in [1.54, 1.807) is 34.6 Å². The van der Waals surface area contributed by atoms with Crippen molar-refractivity contribution in [2.75, 3.05) is 0 Å². The Morgan fingerprint density at radius 3 is 2.00 bits per heavy atom. The van der Waals surface area contributed by atoms with Crippen LogP contribution in [0.15, 0.2) is 0 Å². The van der Waals surface area contributed by atoms with E-state index in [2.05, 4.69) is 5.32 Å². The van der Waals surface area contributed by atoms with Crippen molar-refractivity contribution in [3.63, 3.8) is 0 Å². The van der Waals surface area contributed by atoms with Crippen LogP contribution >= 0.6 is 0 Å². The zero-order chi connectivity index (χ0) is 16.8. The van der Waals surface area contributed by atoms with Crippen molar-refractivity contribution in [3.8, 4) is 0 Å². The molecule has 0 bridgehead atoms. The van der Waals surface area contributed by atoms with Crippen LogP contribution in [0.5, 0.6) is 0 Å². The Hall–Kier alpha value is -1.79. The summed E-state index contributed by atoms with van der Waals surface area (Å²) in [6, 6.07) is -1.10. The largest absolute Gasteiger partial charge is 0.480 e. The molecule has 0 radical (unpaired) electrons. The number of hydrogen-bond acceptors (Lipinski definition) is 5. The van der Waals surface area contributed by atoms with Crippen LogP contribution in [0.4, 0.5) is 4.79 Å². The van der Waals surface area contributed by atoms with Crippen molar-refractivity contribution in [3.05, 3.63) is 0 Å². The number of ether oxygens (including phenoxy) is 2. The van der Waals surface area contributed by atoms with E-state index in [-0.39, 0.29) is 6.42 Å². The molecule has 0 heterocycles. The number of carbonyl (C=O) groups excluding carboxylic acids is 2. The Morgan fingerprint density at radius 2 is 1.62 bits per heavy atom. The molecule has 0 aliphatic carbocycles. The van der Waals surface area contributed by atoms with Crippen molar-refractivity contribution in [1.29, 1.82) is 0 Å². The third kappa shape index (κ3) is 9.70. The van der Waals surface area contributed by atoms with Crippen molar-refractivity contribution >= 4 is 18.0 Å². The molecule has 21 heavy (non-hydrogen) atoms. The lowest BCUT2D eigenvalue weighted by Gasteiger charge is -2.26. The monoisotopic (exact) mass is 303 g/mol. The van der Waals surface area contributed by atoms with Crippen molar-refractivity contribution in [2.24, 2.45) is 0 Å². The van der Waals surface area contributed by atoms with Crippen molar-refractivity contribution in [1.82, 2.24) is 5.32 Å². The molecule has 0 aromatic carbocycles. The van der Waals surface area contributed by atoms with Crippen LogP contribution in [0.25, 0.3) is 0 Å². The zero-order valence-corrected chi connectivity index (χ0v) is 13.5. The van der Waals surface area contributed by atoms with Gasteiger partial charge in [-0.3, -0.25) is 4.79 Å². The maximum atomic E-state index is 11.6. The summed E-state index contributed by atoms with van der Waals surface area (Å²) in [6.07, 6.45) is -0.381. The van der Waals surface area contributed by atoms with E-state index in [0.717, 1.165) is 0 Å². The second kappa shape index (κ2) is 7.28. The number of nitrogens with one attached hydrogen (secondary N) is 1. The number of amides is 1. The Kier molecular flexibility index (Phi) is 6.66. The standard InChI is InChI=1S/C14H25NO6/c1-9(16)20-14(5,6)8-7-10(11(17)18)15-12(19)21-13(2,3)4/h10H,7-8H2,1-6H3,(H,15,19)(H,17,18). The van der Waals surface area contributed by atoms with Gasteiger partial charge in [0.1, 0.15) is 17.2 Å². The Labute approximate surface area is 125 Å². The number of alkyl carbamates (subject to hydrolysis) is 1. The number of rotatable bonds is 6. The van der Waals surface area contributed by atoms with Crippen molar-refractivity contribution < 1.29 is 29.0 Å². The van der Waals surface area contributed by atoms with Gasteiger partial charge in [0.25, 0.3) is 0 Å². The molecule has 1 atom stereocenters. The number of carboxylic acids is 1. The van der Waals surface area contributed by atoms with E-state index in [0.29, 0.717) is 6.42 Å². The predicted molar refractivity (Wildman–Crippen MR) is 75.9 cm³/mol. The van der Waals surface area contributed by atoms with Crippen LogP contribution < -0.4 is 5.32 Å². The lowest BCUT2D eigenvalue weighted by atomic mass is 9.99. The maximum Gasteiger partial charge on any atom is 0.408 e. The summed E-state index contributed by atoms with van der Waals surface area (Å²) in [7, 11) is 0. The van der Waals surface area contributed by atoms with Gasteiger partial charge in [0.05, 0.1) is 0 Å². The lowest BCUT2D eigenvalue weighted by Crippen LogP contribution is -2.44. The van der Waals surface area contributed by atoms with E-state index < -0.39 is 35.3 Å². The Balaban J connectivity index is 4.55. The fourth-order valence-electron chi connectivity index (χ4n) is 1.64. The summed E-state index contributed by atoms with van der Waals surface area (Å²) < 4.78 is 10.1. The first-order valence-corrected chi connectivity index (χ1v) is 6.74. The van der Waals surface area contributed by atoms with Crippen LogP contribution in [-0.2, 0) is 19.1 Å². The van der Waals surface area contributed by atoms with E-state index in [4.69, 9.17) is 14.6 Å². The SMILES string of the molecule is CC(=O)OC(C)(C)CCC(NC(=O)OC(C)(C)C)C(=O)O. The summed E-state index contributed by atoms with van der Waals surface area (Å²) in [6.45, 7) is 9.71. The molecule has 0 saturated carbocycles. The second-order valence-corrected chi connectivity index (χ2v) is 6.43. The molecule has 2 N–H and O–H groups in total. The Bertz CT molecular complexity index is 397. The molecule has 7 heteroatoms. The fourth-order valence-corrected chi connectivity index (χ4v) is 1.64. The molecule has 0 aromatic heterocycles. The van der Waals surface area contributed by atoms with Gasteiger partial charge >= 0.3 is 18.0 Å². The molecule has 0 spiro atoms. The zero-order valence-electron chi connectivity index (χ0n) is 13.5. The van der Waals surface area contributed by atoms with Gasteiger partial charge in [0.15, 0.2) is 0 Å². The quantitative estimate of drug-likeness (QED) is 0.728. The van der Waals surface area contributed by atoms with Crippen LogP contribution in [0.1, 0.15) is 54.4 Å². The van der Waals surface area contributed by atoms with Gasteiger partial charge in [-0.1, -0.05) is 0 Å². The molecular weight excluding hydrogens is 278 g/mol. The summed E-state index contributed by atoms with van der Waals surface area (Å²) in [4.78, 5) is 33.7. The summed E-state index contributed by atoms with van der Waals surface area (Å²) in [5.41, 5.74) is -1.50. The topological polar surface area (TPSA) is 102 Å². The minimum absolute atomic E-state index is 0.120. The average molecular weight is 303 g/mol. The van der Waals surface area contributed by atoms with Crippen molar-refractivity contribution in [2.45, 2.75) is 71.6 Å². The van der Waals surface area contributed by atoms with Gasteiger partial charge < -0.3 is 19.9 Å². The molecule has 122 valence electrons. The second-order valence-electron chi connectivity index (χ2n) is 6.43. The highest BCUT2D eigenvalue weighted by Crippen LogP contribution is 2.18. The predicted octanol–water partition coefficient (Wildman–Crippen LogP) is 2.09. The number of carboxylic acid groups (broad SMARTS) is 1. The molecule has 0 fully saturated rings. The van der Waals surface area contributed by atoms with E-state index in [1.807, 2.05) is 0 Å². The van der Waals surface area contributed by atoms with Crippen LogP contribution in [0.3, 0.4) is 0 Å². The van der Waals surface area contributed by atoms with Gasteiger partial charge in [-0.05, 0) is 47.5 Å². The summed E-state index contributed by atoms with van der Waals surface area (Å²) >= 11 is 0. The number of carbonyl (C=O) groups is 3. The molecule has 0 aliphatic rings. The lowest BCUT2D eigenvalue weighted by molar-refractivity contribution is -0.154. The highest BCUT2D eigenvalue weighted by molar-refractivity contribution is 5.80. The summed E-state index contributed by atoms with van der Waals surface area (Å²) in [5, 5.41) is 11.4. The minimum Gasteiger partial charge on any atom is -0.480 e. The van der Waals surface area contributed by atoms with Crippen LogP contribution in [0, 0.1) is 0 Å². The number of esters is 1. The first-order valence-electron chi connectivity index (χ1n) is 6.74. The maximum absolute atomic E-state index is 11.6. The first kappa shape index (κ1) is 19.2. The van der Waals surface area contributed by atoms with Gasteiger partial charge in [-0.15, -0.1) is 0 Å². The van der Waals surface area contributed by atoms with Crippen LogP contribution in [0.2, 0.25) is 0 Å². The molecule has 0 aliphatic heterocycles. The fraction of sp³-hybridized carbons (Fsp3) is 0.786. The number of aliphatic carboxylic acids is 1. The molecular formula is C14H25NO6. The third-order valence-corrected chi connectivity index (χ3v) is 2.44. The molecule has 1 unspecified atom stereocenters. The molecule has 0 saturated heterocycles. The smallest absolute Gasteiger partial charge is 0.408 e. The highest BCUT2D eigenvalue weighted by Gasteiger charge is 2.28. The minimum atomic E-state index is -1.17. The van der Waals surface area contributed by atoms with Gasteiger partial charge in [0.2, 0.25) is 0 Å². The van der Waals surface area contributed by atoms with E-state index in [1.165, 1.54) is 6.92 Å². The normalized spacial score (nSPS) is 13.2. The Morgan fingerprint density at radius 1 is 1.10 bits per heavy atom. The van der Waals surface area contributed by atoms with E-state index in [9.17, 15) is 14.4 Å². The van der Waals surface area contributed by atoms with Gasteiger partial charge in [-0.2, -0.15) is 0 Å². The average Bonchev–Trinajstić information content (AvgIpc) is 2.19. The van der Waals surface area contributed by atoms with Gasteiger partial charge in [0, 0.05) is 6.92 Å². The van der Waals surface area contributed by atoms with Crippen LogP contribution in [-0.4, -0.2) is 40.4 Å². The first-order chi connectivity index (χ1) is 9.32. The highest BCUT2D eigenvalue weighted by atomic mass is 16.6. The molecule has 7 nitrogen and oxygen atoms in total. The summed E-state index contributed by atoms with van der Waals surface area (Å²) in [5.74, 6) is -1.61. The molecule has 0 rings (SSSR count). The molecule has 1 amide bonds. The third-order valence-electron chi connectivity index (χ3n) is 2.44. The molecule has 0 aromatic rings. The van der Waals surface area contributed by atoms with Gasteiger partial charge in [-0.25, -0.2) is 9.59 Å². The van der Waals surface area contributed by atoms with E-state index >= 15 is 0 Å².